The maximum atomic E-state index is 2.45. The fraction of sp³-hybridized carbons (Fsp3) is 0.0164. The molecule has 0 fully saturated rings. The van der Waals surface area contributed by atoms with Crippen LogP contribution in [0, 0.1) is 0 Å². The number of fused-ring (bicyclic) bond motifs is 9. The molecule has 294 valence electrons. The first-order chi connectivity index (χ1) is 31.3. The Morgan fingerprint density at radius 1 is 0.254 bits per heavy atom. The molecule has 0 bridgehead atoms. The van der Waals surface area contributed by atoms with Gasteiger partial charge in [-0.15, -0.1) is 0 Å². The van der Waals surface area contributed by atoms with E-state index in [2.05, 4.69) is 252 Å². The molecule has 0 N–H and O–H groups in total. The fourth-order valence-corrected chi connectivity index (χ4v) is 10.9. The summed E-state index contributed by atoms with van der Waals surface area (Å²) in [5, 5.41) is 4.98. The first-order valence-corrected chi connectivity index (χ1v) is 21.8. The van der Waals surface area contributed by atoms with Crippen LogP contribution in [0.25, 0.3) is 88.4 Å². The lowest BCUT2D eigenvalue weighted by Crippen LogP contribution is -2.28. The molecule has 1 aliphatic rings. The summed E-state index contributed by atoms with van der Waals surface area (Å²) in [6.45, 7) is 0. The van der Waals surface area contributed by atoms with E-state index in [4.69, 9.17) is 0 Å². The highest BCUT2D eigenvalue weighted by molar-refractivity contribution is 6.12. The normalized spacial score (nSPS) is 12.9. The van der Waals surface area contributed by atoms with Crippen LogP contribution in [0.2, 0.25) is 0 Å². The molecular weight excluding hydrogens is 761 g/mol. The van der Waals surface area contributed by atoms with Crippen LogP contribution in [-0.2, 0) is 5.41 Å². The van der Waals surface area contributed by atoms with E-state index in [0.29, 0.717) is 0 Å². The van der Waals surface area contributed by atoms with E-state index in [1.165, 1.54) is 99.2 Å². The van der Waals surface area contributed by atoms with Gasteiger partial charge in [-0.1, -0.05) is 188 Å². The molecule has 12 aromatic rings. The van der Waals surface area contributed by atoms with Gasteiger partial charge in [-0.3, -0.25) is 0 Å². The monoisotopic (exact) mass is 800 g/mol. The lowest BCUT2D eigenvalue weighted by molar-refractivity contribution is 0.768. The zero-order valence-electron chi connectivity index (χ0n) is 34.5. The second kappa shape index (κ2) is 13.9. The molecule has 0 unspecified atom stereocenters. The summed E-state index contributed by atoms with van der Waals surface area (Å²) in [4.78, 5) is 0. The Morgan fingerprint density at radius 2 is 0.746 bits per heavy atom. The van der Waals surface area contributed by atoms with Crippen LogP contribution in [0.4, 0.5) is 0 Å². The Morgan fingerprint density at radius 3 is 1.46 bits per heavy atom. The molecular formula is C61H40N2. The largest absolute Gasteiger partial charge is 0.309 e. The van der Waals surface area contributed by atoms with Crippen molar-refractivity contribution in [3.63, 3.8) is 0 Å². The summed E-state index contributed by atoms with van der Waals surface area (Å²) in [5.74, 6) is 0. The van der Waals surface area contributed by atoms with Gasteiger partial charge >= 0.3 is 0 Å². The van der Waals surface area contributed by atoms with Gasteiger partial charge in [0.1, 0.15) is 0 Å². The summed E-state index contributed by atoms with van der Waals surface area (Å²) in [6, 6.07) is 89.5. The van der Waals surface area contributed by atoms with Gasteiger partial charge in [0.15, 0.2) is 0 Å². The Labute approximate surface area is 366 Å². The summed E-state index contributed by atoms with van der Waals surface area (Å²) in [6.07, 6.45) is 0. The highest BCUT2D eigenvalue weighted by Crippen LogP contribution is 2.56. The minimum atomic E-state index is -0.437. The van der Waals surface area contributed by atoms with E-state index in [1.54, 1.807) is 0 Å². The zero-order chi connectivity index (χ0) is 41.5. The third-order valence-corrected chi connectivity index (χ3v) is 13.6. The van der Waals surface area contributed by atoms with Crippen molar-refractivity contribution in [2.45, 2.75) is 5.41 Å². The van der Waals surface area contributed by atoms with Crippen molar-refractivity contribution < 1.29 is 0 Å². The number of nitrogens with zero attached hydrogens (tertiary/aromatic N) is 2. The molecule has 63 heavy (non-hydrogen) atoms. The number of hydrogen-bond donors (Lipinski definition) is 0. The maximum absolute atomic E-state index is 2.45. The molecule has 0 spiro atoms. The Balaban J connectivity index is 0.960. The van der Waals surface area contributed by atoms with Crippen molar-refractivity contribution in [2.24, 2.45) is 0 Å². The van der Waals surface area contributed by atoms with E-state index in [-0.39, 0.29) is 0 Å². The third kappa shape index (κ3) is 5.25. The van der Waals surface area contributed by atoms with Gasteiger partial charge in [0.05, 0.1) is 27.5 Å². The van der Waals surface area contributed by atoms with E-state index in [9.17, 15) is 0 Å². The lowest BCUT2D eigenvalue weighted by Gasteiger charge is -2.34. The van der Waals surface area contributed by atoms with Crippen LogP contribution in [0.1, 0.15) is 22.3 Å². The van der Waals surface area contributed by atoms with E-state index in [0.717, 1.165) is 11.4 Å². The topological polar surface area (TPSA) is 9.86 Å². The first-order valence-electron chi connectivity index (χ1n) is 21.8. The summed E-state index contributed by atoms with van der Waals surface area (Å²) in [7, 11) is 0. The van der Waals surface area contributed by atoms with Crippen molar-refractivity contribution in [1.82, 2.24) is 9.13 Å². The predicted octanol–water partition coefficient (Wildman–Crippen LogP) is 15.6. The van der Waals surface area contributed by atoms with Gasteiger partial charge in [0, 0.05) is 32.9 Å². The number of aromatic nitrogens is 2. The predicted molar refractivity (Wildman–Crippen MR) is 263 cm³/mol. The number of benzene rings is 10. The number of hydrogen-bond acceptors (Lipinski definition) is 0. The minimum absolute atomic E-state index is 0.437. The van der Waals surface area contributed by atoms with Crippen LogP contribution < -0.4 is 0 Å². The van der Waals surface area contributed by atoms with Gasteiger partial charge in [0.25, 0.3) is 0 Å². The standard InChI is InChI=1S/C61H40N2/c1-3-16-41(17-4-1)42-18-15-21-48(38-42)63-58-29-14-10-25-52(58)54-39-43(31-37-59(54)63)44-30-36-53-51-24-9-13-28-57(51)62(60(53)40-44)47-34-32-46(33-35-47)61(45-19-5-2-6-20-45)55-26-11-7-22-49(55)50-23-8-12-27-56(50)61/h1-40H. The lowest BCUT2D eigenvalue weighted by atomic mass is 9.68. The highest BCUT2D eigenvalue weighted by Gasteiger charge is 2.45. The molecule has 2 heteroatoms. The maximum Gasteiger partial charge on any atom is 0.0713 e. The molecule has 2 aromatic heterocycles. The average Bonchev–Trinajstić information content (AvgIpc) is 3.98. The minimum Gasteiger partial charge on any atom is -0.309 e. The molecule has 1 aliphatic carbocycles. The molecule has 10 aromatic carbocycles. The second-order valence-corrected chi connectivity index (χ2v) is 16.8. The Kier molecular flexibility index (Phi) is 7.85. The van der Waals surface area contributed by atoms with Gasteiger partial charge in [-0.25, -0.2) is 0 Å². The fourth-order valence-electron chi connectivity index (χ4n) is 10.9. The SMILES string of the molecule is c1ccc(-c2cccc(-n3c4ccccc4c4cc(-c5ccc6c7ccccc7n(-c7ccc(C8(c9ccccc9)c9ccccc9-c9ccccc98)cc7)c6c5)ccc43)c2)cc1. The summed E-state index contributed by atoms with van der Waals surface area (Å²) in [5.41, 5.74) is 19.2. The molecule has 0 amide bonds. The highest BCUT2D eigenvalue weighted by atomic mass is 15.0. The molecule has 2 heterocycles. The van der Waals surface area contributed by atoms with Gasteiger partial charge in [-0.2, -0.15) is 0 Å². The average molecular weight is 801 g/mol. The Hall–Kier alpha value is -8.20. The van der Waals surface area contributed by atoms with E-state index >= 15 is 0 Å². The van der Waals surface area contributed by atoms with E-state index in [1.807, 2.05) is 0 Å². The van der Waals surface area contributed by atoms with Crippen molar-refractivity contribution >= 4 is 43.6 Å². The molecule has 13 rings (SSSR count). The molecule has 0 radical (unpaired) electrons. The van der Waals surface area contributed by atoms with Crippen LogP contribution in [0.15, 0.2) is 243 Å². The molecule has 2 nitrogen and oxygen atoms in total. The van der Waals surface area contributed by atoms with Crippen molar-refractivity contribution in [3.8, 4) is 44.8 Å². The van der Waals surface area contributed by atoms with Gasteiger partial charge < -0.3 is 9.13 Å². The van der Waals surface area contributed by atoms with E-state index < -0.39 is 5.41 Å². The molecule has 0 aliphatic heterocycles. The van der Waals surface area contributed by atoms with Gasteiger partial charge in [-0.05, 0) is 110 Å². The second-order valence-electron chi connectivity index (χ2n) is 16.8. The smallest absolute Gasteiger partial charge is 0.0713 e. The number of rotatable bonds is 6. The Bertz CT molecular complexity index is 3670. The molecule has 0 saturated carbocycles. The van der Waals surface area contributed by atoms with Gasteiger partial charge in [0.2, 0.25) is 0 Å². The van der Waals surface area contributed by atoms with Crippen LogP contribution in [-0.4, -0.2) is 9.13 Å². The third-order valence-electron chi connectivity index (χ3n) is 13.6. The first kappa shape index (κ1) is 35.5. The summed E-state index contributed by atoms with van der Waals surface area (Å²) < 4.78 is 4.87. The van der Waals surface area contributed by atoms with Crippen molar-refractivity contribution in [1.29, 1.82) is 0 Å². The molecule has 0 atom stereocenters. The van der Waals surface area contributed by atoms with Crippen molar-refractivity contribution in [3.05, 3.63) is 265 Å². The van der Waals surface area contributed by atoms with Crippen LogP contribution >= 0.6 is 0 Å². The summed E-state index contributed by atoms with van der Waals surface area (Å²) >= 11 is 0. The quantitative estimate of drug-likeness (QED) is 0.159. The number of para-hydroxylation sites is 2. The van der Waals surface area contributed by atoms with Crippen LogP contribution in [0.3, 0.4) is 0 Å². The van der Waals surface area contributed by atoms with Crippen LogP contribution in [0.5, 0.6) is 0 Å². The van der Waals surface area contributed by atoms with Crippen molar-refractivity contribution in [2.75, 3.05) is 0 Å². The molecule has 0 saturated heterocycles. The zero-order valence-corrected chi connectivity index (χ0v) is 34.5.